The highest BCUT2D eigenvalue weighted by Crippen LogP contribution is 2.22. The van der Waals surface area contributed by atoms with Crippen LogP contribution < -0.4 is 5.32 Å². The number of nitrogens with one attached hydrogen (secondary N) is 1. The van der Waals surface area contributed by atoms with Crippen LogP contribution in [0.5, 0.6) is 0 Å². The Kier molecular flexibility index (Phi) is 5.12. The zero-order chi connectivity index (χ0) is 18.7. The van der Waals surface area contributed by atoms with Crippen LogP contribution in [0, 0.1) is 0 Å². The Morgan fingerprint density at radius 1 is 1.12 bits per heavy atom. The third-order valence-corrected chi connectivity index (χ3v) is 4.81. The van der Waals surface area contributed by atoms with Gasteiger partial charge in [0.05, 0.1) is 17.4 Å². The van der Waals surface area contributed by atoms with Crippen molar-refractivity contribution in [1.29, 1.82) is 0 Å². The second-order valence-corrected chi connectivity index (χ2v) is 7.80. The molecule has 0 aliphatic heterocycles. The minimum atomic E-state index is -0.286. The molecule has 1 amide bonds. The maximum atomic E-state index is 12.5. The van der Waals surface area contributed by atoms with Crippen LogP contribution in [0.25, 0.3) is 11.0 Å². The number of benzene rings is 2. The second kappa shape index (κ2) is 7.32. The fourth-order valence-corrected chi connectivity index (χ4v) is 3.06. The molecule has 26 heavy (non-hydrogen) atoms. The lowest BCUT2D eigenvalue weighted by Crippen LogP contribution is -2.32. The Hall–Kier alpha value is -2.62. The average Bonchev–Trinajstić information content (AvgIpc) is 3.04. The molecule has 1 atom stereocenters. The molecule has 0 aliphatic carbocycles. The number of para-hydroxylation sites is 2. The quantitative estimate of drug-likeness (QED) is 0.748. The van der Waals surface area contributed by atoms with Gasteiger partial charge in [-0.3, -0.25) is 4.79 Å². The monoisotopic (exact) mass is 349 g/mol. The smallest absolute Gasteiger partial charge is 0.242 e. The zero-order valence-corrected chi connectivity index (χ0v) is 16.0. The van der Waals surface area contributed by atoms with Gasteiger partial charge in [-0.05, 0) is 42.0 Å². The lowest BCUT2D eigenvalue weighted by Gasteiger charge is -2.19. The molecule has 0 aliphatic rings. The van der Waals surface area contributed by atoms with E-state index in [1.807, 2.05) is 35.8 Å². The van der Waals surface area contributed by atoms with Gasteiger partial charge >= 0.3 is 0 Å². The van der Waals surface area contributed by atoms with E-state index in [-0.39, 0.29) is 17.4 Å². The Labute approximate surface area is 155 Å². The first-order valence-electron chi connectivity index (χ1n) is 9.15. The minimum Gasteiger partial charge on any atom is -0.354 e. The summed E-state index contributed by atoms with van der Waals surface area (Å²) in [6.07, 6.45) is 2.56. The molecule has 0 saturated heterocycles. The number of rotatable bonds is 5. The molecule has 0 spiro atoms. The molecule has 3 rings (SSSR count). The molecule has 1 N–H and O–H groups in total. The summed E-state index contributed by atoms with van der Waals surface area (Å²) in [4.78, 5) is 16.9. The van der Waals surface area contributed by atoms with Crippen LogP contribution in [0.1, 0.15) is 44.9 Å². The van der Waals surface area contributed by atoms with Gasteiger partial charge in [-0.1, -0.05) is 57.2 Å². The van der Waals surface area contributed by atoms with Crippen molar-refractivity contribution in [2.24, 2.45) is 0 Å². The second-order valence-electron chi connectivity index (χ2n) is 7.80. The largest absolute Gasteiger partial charge is 0.354 e. The molecule has 136 valence electrons. The summed E-state index contributed by atoms with van der Waals surface area (Å²) in [5.74, 6) is 0.0134. The van der Waals surface area contributed by atoms with E-state index in [1.165, 1.54) is 11.1 Å². The van der Waals surface area contributed by atoms with Crippen molar-refractivity contribution in [1.82, 2.24) is 14.9 Å². The van der Waals surface area contributed by atoms with Crippen LogP contribution in [0.15, 0.2) is 54.9 Å². The number of carbonyl (C=O) groups excluding carboxylic acids is 1. The molecule has 1 heterocycles. The number of carbonyl (C=O) groups is 1. The lowest BCUT2D eigenvalue weighted by molar-refractivity contribution is -0.123. The maximum absolute atomic E-state index is 12.5. The third kappa shape index (κ3) is 3.96. The predicted molar refractivity (Wildman–Crippen MR) is 106 cm³/mol. The van der Waals surface area contributed by atoms with E-state index in [2.05, 4.69) is 55.3 Å². The van der Waals surface area contributed by atoms with Gasteiger partial charge in [-0.2, -0.15) is 0 Å². The predicted octanol–water partition coefficient (Wildman–Crippen LogP) is 4.25. The van der Waals surface area contributed by atoms with Crippen LogP contribution in [-0.4, -0.2) is 22.0 Å². The zero-order valence-electron chi connectivity index (χ0n) is 16.0. The summed E-state index contributed by atoms with van der Waals surface area (Å²) in [5, 5.41) is 3.04. The van der Waals surface area contributed by atoms with Gasteiger partial charge in [0, 0.05) is 6.54 Å². The summed E-state index contributed by atoms with van der Waals surface area (Å²) in [6, 6.07) is 16.2. The van der Waals surface area contributed by atoms with Crippen molar-refractivity contribution in [3.05, 3.63) is 66.0 Å². The molecule has 1 aromatic heterocycles. The van der Waals surface area contributed by atoms with Crippen molar-refractivity contribution in [2.75, 3.05) is 6.54 Å². The van der Waals surface area contributed by atoms with E-state index in [9.17, 15) is 4.79 Å². The number of aromatic nitrogens is 2. The number of fused-ring (bicyclic) bond motifs is 1. The highest BCUT2D eigenvalue weighted by Gasteiger charge is 2.17. The third-order valence-electron chi connectivity index (χ3n) is 4.81. The molecular formula is C22H27N3O. The number of nitrogens with zero attached hydrogens (tertiary/aromatic N) is 2. The van der Waals surface area contributed by atoms with Crippen LogP contribution in [0.4, 0.5) is 0 Å². The van der Waals surface area contributed by atoms with Gasteiger partial charge in [-0.15, -0.1) is 0 Å². The number of hydrogen-bond acceptors (Lipinski definition) is 2. The van der Waals surface area contributed by atoms with Crippen molar-refractivity contribution in [3.63, 3.8) is 0 Å². The number of imidazole rings is 1. The maximum Gasteiger partial charge on any atom is 0.242 e. The van der Waals surface area contributed by atoms with E-state index < -0.39 is 0 Å². The normalized spacial score (nSPS) is 12.9. The van der Waals surface area contributed by atoms with Crippen LogP contribution in [0.3, 0.4) is 0 Å². The molecule has 0 fully saturated rings. The highest BCUT2D eigenvalue weighted by molar-refractivity contribution is 5.83. The first kappa shape index (κ1) is 18.2. The summed E-state index contributed by atoms with van der Waals surface area (Å²) in [5.41, 5.74) is 4.61. The molecule has 4 heteroatoms. The van der Waals surface area contributed by atoms with Gasteiger partial charge < -0.3 is 9.88 Å². The van der Waals surface area contributed by atoms with Crippen LogP contribution >= 0.6 is 0 Å². The van der Waals surface area contributed by atoms with Gasteiger partial charge in [0.1, 0.15) is 6.04 Å². The Balaban J connectivity index is 1.57. The first-order chi connectivity index (χ1) is 12.4. The summed E-state index contributed by atoms with van der Waals surface area (Å²) >= 11 is 0. The Morgan fingerprint density at radius 2 is 1.81 bits per heavy atom. The van der Waals surface area contributed by atoms with E-state index in [0.29, 0.717) is 6.54 Å². The van der Waals surface area contributed by atoms with E-state index in [0.717, 1.165) is 17.5 Å². The SMILES string of the molecule is CC(C(=O)NCCc1ccc(C(C)(C)C)cc1)n1cnc2ccccc21. The fraction of sp³-hybridized carbons (Fsp3) is 0.364. The number of hydrogen-bond donors (Lipinski definition) is 1. The average molecular weight is 349 g/mol. The molecule has 1 unspecified atom stereocenters. The van der Waals surface area contributed by atoms with Gasteiger partial charge in [-0.25, -0.2) is 4.98 Å². The Morgan fingerprint density at radius 3 is 2.50 bits per heavy atom. The molecule has 3 aromatic rings. The molecule has 0 bridgehead atoms. The van der Waals surface area contributed by atoms with Crippen molar-refractivity contribution in [3.8, 4) is 0 Å². The molecule has 0 radical (unpaired) electrons. The van der Waals surface area contributed by atoms with E-state index in [4.69, 9.17) is 0 Å². The molecule has 4 nitrogen and oxygen atoms in total. The Bertz CT molecular complexity index is 888. The van der Waals surface area contributed by atoms with Gasteiger partial charge in [0.15, 0.2) is 0 Å². The summed E-state index contributed by atoms with van der Waals surface area (Å²) < 4.78 is 1.92. The van der Waals surface area contributed by atoms with Gasteiger partial charge in [0.2, 0.25) is 5.91 Å². The minimum absolute atomic E-state index is 0.0134. The highest BCUT2D eigenvalue weighted by atomic mass is 16.2. The van der Waals surface area contributed by atoms with E-state index in [1.54, 1.807) is 6.33 Å². The summed E-state index contributed by atoms with van der Waals surface area (Å²) in [6.45, 7) is 9.17. The van der Waals surface area contributed by atoms with E-state index >= 15 is 0 Å². The summed E-state index contributed by atoms with van der Waals surface area (Å²) in [7, 11) is 0. The molecule has 0 saturated carbocycles. The first-order valence-corrected chi connectivity index (χ1v) is 9.15. The standard InChI is InChI=1S/C22H27N3O/c1-16(25-15-24-19-7-5-6-8-20(19)25)21(26)23-14-13-17-9-11-18(12-10-17)22(2,3)4/h5-12,15-16H,13-14H2,1-4H3,(H,23,26). The topological polar surface area (TPSA) is 46.9 Å². The molecular weight excluding hydrogens is 322 g/mol. The van der Waals surface area contributed by atoms with Gasteiger partial charge in [0.25, 0.3) is 0 Å². The van der Waals surface area contributed by atoms with Crippen molar-refractivity contribution < 1.29 is 4.79 Å². The van der Waals surface area contributed by atoms with Crippen LogP contribution in [-0.2, 0) is 16.6 Å². The number of amides is 1. The molecule has 2 aromatic carbocycles. The van der Waals surface area contributed by atoms with Crippen LogP contribution in [0.2, 0.25) is 0 Å². The fourth-order valence-electron chi connectivity index (χ4n) is 3.06. The van der Waals surface area contributed by atoms with Crippen molar-refractivity contribution >= 4 is 16.9 Å². The lowest BCUT2D eigenvalue weighted by atomic mass is 9.86. The van der Waals surface area contributed by atoms with Crippen molar-refractivity contribution in [2.45, 2.75) is 45.6 Å².